The molecule has 0 bridgehead atoms. The van der Waals surface area contributed by atoms with Gasteiger partial charge in [-0.05, 0) is 39.2 Å². The molecule has 1 aromatic rings. The summed E-state index contributed by atoms with van der Waals surface area (Å²) in [6.45, 7) is 3.54. The predicted octanol–water partition coefficient (Wildman–Crippen LogP) is 2.57. The van der Waals surface area contributed by atoms with Crippen molar-refractivity contribution in [2.24, 2.45) is 0 Å². The fourth-order valence-corrected chi connectivity index (χ4v) is 1.80. The molecule has 18 heavy (non-hydrogen) atoms. The Morgan fingerprint density at radius 3 is 2.67 bits per heavy atom. The molecular weight excluding hydrogens is 298 g/mol. The average Bonchev–Trinajstić information content (AvgIpc) is 2.28. The van der Waals surface area contributed by atoms with Gasteiger partial charge in [0.2, 0.25) is 0 Å². The molecule has 0 heterocycles. The van der Waals surface area contributed by atoms with E-state index in [1.807, 2.05) is 25.1 Å². The number of carbonyl (C=O) groups excluding carboxylic acids is 1. The van der Waals surface area contributed by atoms with E-state index in [2.05, 4.69) is 15.9 Å². The first-order valence-electron chi connectivity index (χ1n) is 5.78. The minimum atomic E-state index is -0.337. The second-order valence-corrected chi connectivity index (χ2v) is 4.96. The lowest BCUT2D eigenvalue weighted by Gasteiger charge is -2.12. The average molecular weight is 316 g/mol. The highest BCUT2D eigenvalue weighted by molar-refractivity contribution is 9.10. The number of hydrogen-bond acceptors (Lipinski definition) is 4. The lowest BCUT2D eigenvalue weighted by molar-refractivity contribution is 0.0525. The largest absolute Gasteiger partial charge is 0.492 e. The molecular formula is C13H18BrNO3. The van der Waals surface area contributed by atoms with Crippen molar-refractivity contribution in [1.29, 1.82) is 0 Å². The van der Waals surface area contributed by atoms with Crippen LogP contribution in [0, 0.1) is 0 Å². The number of esters is 1. The van der Waals surface area contributed by atoms with Crippen molar-refractivity contribution in [3.05, 3.63) is 28.2 Å². The Morgan fingerprint density at radius 1 is 1.33 bits per heavy atom. The Hall–Kier alpha value is -1.07. The van der Waals surface area contributed by atoms with E-state index >= 15 is 0 Å². The highest BCUT2D eigenvalue weighted by Crippen LogP contribution is 2.22. The Morgan fingerprint density at radius 2 is 2.06 bits per heavy atom. The first kappa shape index (κ1) is 15.0. The summed E-state index contributed by atoms with van der Waals surface area (Å²) in [4.78, 5) is 13.7. The van der Waals surface area contributed by atoms with Crippen LogP contribution in [0.1, 0.15) is 17.3 Å². The molecule has 4 nitrogen and oxygen atoms in total. The van der Waals surface area contributed by atoms with Crippen LogP contribution in [-0.2, 0) is 4.74 Å². The maximum Gasteiger partial charge on any atom is 0.338 e. The topological polar surface area (TPSA) is 38.8 Å². The van der Waals surface area contributed by atoms with Crippen molar-refractivity contribution >= 4 is 21.9 Å². The van der Waals surface area contributed by atoms with Gasteiger partial charge in [0, 0.05) is 11.0 Å². The van der Waals surface area contributed by atoms with Gasteiger partial charge in [-0.1, -0.05) is 15.9 Å². The number of rotatable bonds is 6. The minimum absolute atomic E-state index is 0.337. The van der Waals surface area contributed by atoms with Gasteiger partial charge in [-0.2, -0.15) is 0 Å². The van der Waals surface area contributed by atoms with Crippen LogP contribution < -0.4 is 4.74 Å². The smallest absolute Gasteiger partial charge is 0.338 e. The van der Waals surface area contributed by atoms with E-state index in [1.54, 1.807) is 19.1 Å². The summed E-state index contributed by atoms with van der Waals surface area (Å²) in [5.74, 6) is 0.325. The van der Waals surface area contributed by atoms with Gasteiger partial charge >= 0.3 is 5.97 Å². The molecule has 1 aromatic carbocycles. The van der Waals surface area contributed by atoms with Crippen LogP contribution in [0.15, 0.2) is 22.7 Å². The van der Waals surface area contributed by atoms with E-state index in [1.165, 1.54) is 0 Å². The molecule has 0 atom stereocenters. The molecule has 0 amide bonds. The number of ether oxygens (including phenoxy) is 2. The van der Waals surface area contributed by atoms with Gasteiger partial charge in [0.15, 0.2) is 0 Å². The van der Waals surface area contributed by atoms with Gasteiger partial charge in [-0.15, -0.1) is 0 Å². The molecule has 5 heteroatoms. The quantitative estimate of drug-likeness (QED) is 0.756. The molecule has 1 rings (SSSR count). The molecule has 0 radical (unpaired) electrons. The van der Waals surface area contributed by atoms with E-state index in [9.17, 15) is 4.79 Å². The summed E-state index contributed by atoms with van der Waals surface area (Å²) < 4.78 is 11.3. The van der Waals surface area contributed by atoms with Crippen LogP contribution in [0.4, 0.5) is 0 Å². The van der Waals surface area contributed by atoms with Gasteiger partial charge < -0.3 is 14.4 Å². The molecule has 0 aliphatic rings. The Balaban J connectivity index is 2.71. The third kappa shape index (κ3) is 5.06. The maximum atomic E-state index is 11.6. The third-order valence-electron chi connectivity index (χ3n) is 2.19. The molecule has 0 aliphatic carbocycles. The Labute approximate surface area is 116 Å². The van der Waals surface area contributed by atoms with Crippen molar-refractivity contribution in [2.75, 3.05) is 33.9 Å². The Bertz CT molecular complexity index is 407. The summed E-state index contributed by atoms with van der Waals surface area (Å²) >= 11 is 3.36. The number of hydrogen-bond donors (Lipinski definition) is 0. The minimum Gasteiger partial charge on any atom is -0.492 e. The van der Waals surface area contributed by atoms with Gasteiger partial charge in [-0.3, -0.25) is 0 Å². The van der Waals surface area contributed by atoms with Crippen molar-refractivity contribution < 1.29 is 14.3 Å². The fraction of sp³-hybridized carbons (Fsp3) is 0.462. The molecule has 0 saturated heterocycles. The lowest BCUT2D eigenvalue weighted by Crippen LogP contribution is -2.19. The predicted molar refractivity (Wildman–Crippen MR) is 74.1 cm³/mol. The SMILES string of the molecule is CCOC(=O)c1cc(Br)cc(OCCN(C)C)c1. The molecule has 0 N–H and O–H groups in total. The molecule has 0 aromatic heterocycles. The number of likely N-dealkylation sites (N-methyl/N-ethyl adjacent to an activating group) is 1. The van der Waals surface area contributed by atoms with Crippen LogP contribution in [0.25, 0.3) is 0 Å². The summed E-state index contributed by atoms with van der Waals surface area (Å²) in [6, 6.07) is 5.24. The summed E-state index contributed by atoms with van der Waals surface area (Å²) in [7, 11) is 3.96. The number of benzene rings is 1. The second-order valence-electron chi connectivity index (χ2n) is 4.05. The first-order valence-corrected chi connectivity index (χ1v) is 6.57. The zero-order valence-electron chi connectivity index (χ0n) is 10.9. The highest BCUT2D eigenvalue weighted by Gasteiger charge is 2.09. The van der Waals surface area contributed by atoms with E-state index in [0.717, 1.165) is 11.0 Å². The van der Waals surface area contributed by atoms with Crippen LogP contribution in [0.3, 0.4) is 0 Å². The van der Waals surface area contributed by atoms with E-state index in [0.29, 0.717) is 24.5 Å². The fourth-order valence-electron chi connectivity index (χ4n) is 1.32. The van der Waals surface area contributed by atoms with Crippen molar-refractivity contribution in [3.8, 4) is 5.75 Å². The second kappa shape index (κ2) is 7.38. The van der Waals surface area contributed by atoms with E-state index in [4.69, 9.17) is 9.47 Å². The number of halogens is 1. The molecule has 0 saturated carbocycles. The monoisotopic (exact) mass is 315 g/mol. The van der Waals surface area contributed by atoms with Gasteiger partial charge in [0.05, 0.1) is 12.2 Å². The van der Waals surface area contributed by atoms with Crippen LogP contribution >= 0.6 is 15.9 Å². The number of nitrogens with zero attached hydrogens (tertiary/aromatic N) is 1. The first-order chi connectivity index (χ1) is 8.52. The van der Waals surface area contributed by atoms with E-state index in [-0.39, 0.29) is 5.97 Å². The Kier molecular flexibility index (Phi) is 6.15. The van der Waals surface area contributed by atoms with Gasteiger partial charge in [-0.25, -0.2) is 4.79 Å². The third-order valence-corrected chi connectivity index (χ3v) is 2.65. The van der Waals surface area contributed by atoms with Gasteiger partial charge in [0.1, 0.15) is 12.4 Å². The summed E-state index contributed by atoms with van der Waals surface area (Å²) in [5.41, 5.74) is 0.492. The molecule has 100 valence electrons. The molecule has 0 unspecified atom stereocenters. The molecule has 0 spiro atoms. The zero-order valence-corrected chi connectivity index (χ0v) is 12.5. The normalized spacial score (nSPS) is 10.5. The molecule has 0 fully saturated rings. The van der Waals surface area contributed by atoms with Crippen LogP contribution in [0.2, 0.25) is 0 Å². The van der Waals surface area contributed by atoms with Gasteiger partial charge in [0.25, 0.3) is 0 Å². The maximum absolute atomic E-state index is 11.6. The lowest BCUT2D eigenvalue weighted by atomic mass is 10.2. The highest BCUT2D eigenvalue weighted by atomic mass is 79.9. The van der Waals surface area contributed by atoms with Crippen LogP contribution in [-0.4, -0.2) is 44.7 Å². The summed E-state index contributed by atoms with van der Waals surface area (Å²) in [5, 5.41) is 0. The number of carbonyl (C=O) groups is 1. The molecule has 0 aliphatic heterocycles. The van der Waals surface area contributed by atoms with Crippen molar-refractivity contribution in [1.82, 2.24) is 4.90 Å². The van der Waals surface area contributed by atoms with Crippen molar-refractivity contribution in [3.63, 3.8) is 0 Å². The standard InChI is InChI=1S/C13H18BrNO3/c1-4-17-13(16)10-7-11(14)9-12(8-10)18-6-5-15(2)3/h7-9H,4-6H2,1-3H3. The summed E-state index contributed by atoms with van der Waals surface area (Å²) in [6.07, 6.45) is 0. The van der Waals surface area contributed by atoms with Crippen molar-refractivity contribution in [2.45, 2.75) is 6.92 Å². The van der Waals surface area contributed by atoms with E-state index < -0.39 is 0 Å². The van der Waals surface area contributed by atoms with Crippen LogP contribution in [0.5, 0.6) is 5.75 Å². The zero-order chi connectivity index (χ0) is 13.5.